The van der Waals surface area contributed by atoms with Crippen LogP contribution in [0.2, 0.25) is 0 Å². The van der Waals surface area contributed by atoms with E-state index in [0.29, 0.717) is 6.54 Å². The van der Waals surface area contributed by atoms with Crippen LogP contribution in [0.3, 0.4) is 0 Å². The minimum absolute atomic E-state index is 0.131. The van der Waals surface area contributed by atoms with Crippen LogP contribution in [-0.2, 0) is 0 Å². The summed E-state index contributed by atoms with van der Waals surface area (Å²) < 4.78 is 5.06. The van der Waals surface area contributed by atoms with Gasteiger partial charge in [-0.05, 0) is 30.5 Å². The first-order valence-electron chi connectivity index (χ1n) is 5.87. The van der Waals surface area contributed by atoms with Crippen molar-refractivity contribution in [1.82, 2.24) is 5.32 Å². The number of nitrogens with one attached hydrogen (secondary N) is 1. The van der Waals surface area contributed by atoms with Crippen molar-refractivity contribution >= 4 is 0 Å². The van der Waals surface area contributed by atoms with Gasteiger partial charge >= 0.3 is 0 Å². The highest BCUT2D eigenvalue weighted by Gasteiger charge is 2.41. The Morgan fingerprint density at radius 3 is 2.47 bits per heavy atom. The quantitative estimate of drug-likeness (QED) is 0.686. The molecular weight excluding hydrogens is 218 g/mol. The van der Waals surface area contributed by atoms with E-state index in [1.165, 1.54) is 0 Å². The lowest BCUT2D eigenvalue weighted by Gasteiger charge is -2.18. The van der Waals surface area contributed by atoms with Crippen molar-refractivity contribution in [1.29, 1.82) is 0 Å². The largest absolute Gasteiger partial charge is 0.497 e. The summed E-state index contributed by atoms with van der Waals surface area (Å²) in [6.07, 6.45) is 1.42. The molecule has 1 aliphatic rings. The molecule has 1 aliphatic carbocycles. The first kappa shape index (κ1) is 12.4. The second kappa shape index (κ2) is 5.04. The summed E-state index contributed by atoms with van der Waals surface area (Å²) in [4.78, 5) is 0. The van der Waals surface area contributed by atoms with Gasteiger partial charge in [0.25, 0.3) is 0 Å². The molecule has 1 aromatic rings. The molecule has 0 aromatic heterocycles. The first-order chi connectivity index (χ1) is 8.19. The van der Waals surface area contributed by atoms with Gasteiger partial charge in [-0.2, -0.15) is 0 Å². The molecule has 17 heavy (non-hydrogen) atoms. The molecule has 0 aliphatic heterocycles. The molecule has 94 valence electrons. The third-order valence-electron chi connectivity index (χ3n) is 3.33. The number of ether oxygens (including phenoxy) is 1. The molecule has 0 amide bonds. The fourth-order valence-electron chi connectivity index (χ4n) is 1.80. The zero-order valence-electron chi connectivity index (χ0n) is 10.0. The molecule has 0 heterocycles. The summed E-state index contributed by atoms with van der Waals surface area (Å²) in [7, 11) is 1.62. The smallest absolute Gasteiger partial charge is 0.118 e. The molecule has 0 spiro atoms. The van der Waals surface area contributed by atoms with E-state index in [1.807, 2.05) is 24.3 Å². The van der Waals surface area contributed by atoms with Crippen LogP contribution in [0, 0.1) is 0 Å². The van der Waals surface area contributed by atoms with Gasteiger partial charge < -0.3 is 20.3 Å². The third-order valence-corrected chi connectivity index (χ3v) is 3.33. The lowest BCUT2D eigenvalue weighted by atomic mass is 10.1. The van der Waals surface area contributed by atoms with Crippen LogP contribution < -0.4 is 10.1 Å². The number of rotatable bonds is 6. The molecule has 4 heteroatoms. The average Bonchev–Trinajstić information content (AvgIpc) is 3.17. The van der Waals surface area contributed by atoms with Crippen LogP contribution in [0.25, 0.3) is 0 Å². The van der Waals surface area contributed by atoms with Crippen LogP contribution in [0.5, 0.6) is 5.75 Å². The molecule has 1 atom stereocenters. The number of benzene rings is 1. The average molecular weight is 237 g/mol. The van der Waals surface area contributed by atoms with Gasteiger partial charge in [-0.25, -0.2) is 0 Å². The maximum absolute atomic E-state index is 9.99. The Labute approximate surface area is 101 Å². The number of aliphatic hydroxyl groups is 2. The summed E-state index contributed by atoms with van der Waals surface area (Å²) in [6, 6.07) is 7.36. The van der Waals surface area contributed by atoms with E-state index in [2.05, 4.69) is 5.32 Å². The van der Waals surface area contributed by atoms with Crippen molar-refractivity contribution in [2.24, 2.45) is 0 Å². The van der Waals surface area contributed by atoms with Crippen molar-refractivity contribution in [2.45, 2.75) is 24.5 Å². The number of hydrogen-bond donors (Lipinski definition) is 3. The van der Waals surface area contributed by atoms with Crippen molar-refractivity contribution < 1.29 is 14.9 Å². The highest BCUT2D eigenvalue weighted by Crippen LogP contribution is 2.34. The normalized spacial score (nSPS) is 18.8. The number of aliphatic hydroxyl groups excluding tert-OH is 2. The highest BCUT2D eigenvalue weighted by molar-refractivity contribution is 5.28. The maximum atomic E-state index is 9.99. The Hall–Kier alpha value is -1.10. The standard InChI is InChI=1S/C13H19NO3/c1-17-11-4-2-10(3-5-11)12(16)8-14-13(9-15)6-7-13/h2-5,12,14-16H,6-9H2,1H3. The van der Waals surface area contributed by atoms with Crippen molar-refractivity contribution in [2.75, 3.05) is 20.3 Å². The zero-order chi connectivity index (χ0) is 12.3. The van der Waals surface area contributed by atoms with Crippen molar-refractivity contribution in [3.05, 3.63) is 29.8 Å². The molecule has 1 fully saturated rings. The third kappa shape index (κ3) is 2.97. The molecule has 4 nitrogen and oxygen atoms in total. The Balaban J connectivity index is 1.88. The van der Waals surface area contributed by atoms with E-state index in [9.17, 15) is 5.11 Å². The maximum Gasteiger partial charge on any atom is 0.118 e. The minimum atomic E-state index is -0.551. The van der Waals surface area contributed by atoms with E-state index < -0.39 is 6.10 Å². The van der Waals surface area contributed by atoms with E-state index >= 15 is 0 Å². The van der Waals surface area contributed by atoms with Gasteiger partial charge in [-0.3, -0.25) is 0 Å². The Kier molecular flexibility index (Phi) is 3.66. The minimum Gasteiger partial charge on any atom is -0.497 e. The molecule has 1 unspecified atom stereocenters. The fraction of sp³-hybridized carbons (Fsp3) is 0.538. The van der Waals surface area contributed by atoms with Crippen LogP contribution >= 0.6 is 0 Å². The number of β-amino-alcohol motifs (C(OH)–C–C–N with tert-alkyl or cyclic N) is 1. The molecule has 0 saturated heterocycles. The SMILES string of the molecule is COc1ccc(C(O)CNC2(CO)CC2)cc1. The molecular formula is C13H19NO3. The van der Waals surface area contributed by atoms with E-state index in [1.54, 1.807) is 7.11 Å². The summed E-state index contributed by atoms with van der Waals surface area (Å²) in [5, 5.41) is 22.3. The number of hydrogen-bond acceptors (Lipinski definition) is 4. The van der Waals surface area contributed by atoms with Gasteiger partial charge in [0.05, 0.1) is 19.8 Å². The molecule has 0 bridgehead atoms. The molecule has 0 radical (unpaired) electrons. The topological polar surface area (TPSA) is 61.7 Å². The predicted molar refractivity (Wildman–Crippen MR) is 65.0 cm³/mol. The van der Waals surface area contributed by atoms with Crippen molar-refractivity contribution in [3.63, 3.8) is 0 Å². The zero-order valence-corrected chi connectivity index (χ0v) is 10.0. The van der Waals surface area contributed by atoms with Crippen LogP contribution in [0.15, 0.2) is 24.3 Å². The number of methoxy groups -OCH3 is 1. The first-order valence-corrected chi connectivity index (χ1v) is 5.87. The fourth-order valence-corrected chi connectivity index (χ4v) is 1.80. The molecule has 2 rings (SSSR count). The van der Waals surface area contributed by atoms with Crippen LogP contribution in [-0.4, -0.2) is 36.0 Å². The van der Waals surface area contributed by atoms with Gasteiger partial charge in [0, 0.05) is 12.1 Å². The Morgan fingerprint density at radius 1 is 1.35 bits per heavy atom. The van der Waals surface area contributed by atoms with Crippen LogP contribution in [0.4, 0.5) is 0 Å². The van der Waals surface area contributed by atoms with Gasteiger partial charge in [0.2, 0.25) is 0 Å². The lowest BCUT2D eigenvalue weighted by Crippen LogP contribution is -2.37. The highest BCUT2D eigenvalue weighted by atomic mass is 16.5. The molecule has 3 N–H and O–H groups in total. The Bertz CT molecular complexity index is 359. The molecule has 1 aromatic carbocycles. The van der Waals surface area contributed by atoms with Gasteiger partial charge in [-0.15, -0.1) is 0 Å². The lowest BCUT2D eigenvalue weighted by molar-refractivity contribution is 0.154. The summed E-state index contributed by atoms with van der Waals surface area (Å²) in [5.41, 5.74) is 0.722. The van der Waals surface area contributed by atoms with Crippen LogP contribution in [0.1, 0.15) is 24.5 Å². The Morgan fingerprint density at radius 2 is 2.00 bits per heavy atom. The van der Waals surface area contributed by atoms with E-state index in [-0.39, 0.29) is 12.1 Å². The summed E-state index contributed by atoms with van der Waals surface area (Å²) in [6.45, 7) is 0.606. The molecule has 1 saturated carbocycles. The summed E-state index contributed by atoms with van der Waals surface area (Å²) in [5.74, 6) is 0.780. The second-order valence-corrected chi connectivity index (χ2v) is 4.61. The van der Waals surface area contributed by atoms with E-state index in [0.717, 1.165) is 24.2 Å². The van der Waals surface area contributed by atoms with Crippen molar-refractivity contribution in [3.8, 4) is 5.75 Å². The van der Waals surface area contributed by atoms with Gasteiger partial charge in [0.1, 0.15) is 5.75 Å². The van der Waals surface area contributed by atoms with E-state index in [4.69, 9.17) is 9.84 Å². The monoisotopic (exact) mass is 237 g/mol. The van der Waals surface area contributed by atoms with Gasteiger partial charge in [-0.1, -0.05) is 12.1 Å². The second-order valence-electron chi connectivity index (χ2n) is 4.61. The summed E-state index contributed by atoms with van der Waals surface area (Å²) >= 11 is 0. The predicted octanol–water partition coefficient (Wildman–Crippen LogP) is 0.843. The van der Waals surface area contributed by atoms with Gasteiger partial charge in [0.15, 0.2) is 0 Å².